The maximum Gasteiger partial charge on any atom is 0.341 e. The van der Waals surface area contributed by atoms with Gasteiger partial charge in [-0.2, -0.15) is 8.75 Å². The average molecular weight is 567 g/mol. The zero-order chi connectivity index (χ0) is 26.3. The van der Waals surface area contributed by atoms with Crippen molar-refractivity contribution in [3.63, 3.8) is 0 Å². The van der Waals surface area contributed by atoms with Gasteiger partial charge in [0.25, 0.3) is 10.0 Å². The van der Waals surface area contributed by atoms with Gasteiger partial charge in [0.15, 0.2) is 11.6 Å². The first-order valence-corrected chi connectivity index (χ1v) is 15.1. The zero-order valence-electron chi connectivity index (χ0n) is 20.2. The number of rotatable bonds is 7. The molecule has 0 saturated heterocycles. The maximum atomic E-state index is 13.5. The predicted molar refractivity (Wildman–Crippen MR) is 148 cm³/mol. The number of anilines is 3. The molecule has 1 aliphatic rings. The second-order valence-electron chi connectivity index (χ2n) is 8.66. The lowest BCUT2D eigenvalue weighted by Crippen LogP contribution is -2.17. The molecule has 3 heterocycles. The Balaban J connectivity index is 1.46. The Bertz CT molecular complexity index is 1800. The van der Waals surface area contributed by atoms with Gasteiger partial charge in [0.2, 0.25) is 0 Å². The molecule has 0 bridgehead atoms. The number of benzene rings is 2. The fraction of sp³-hybridized carbons (Fsp3) is 0.240. The SMILES string of the molecule is CCOC(=O)c1c(Nc2nc3ccccc3nc2NS(=O)(=O)c2cccc3nsnc23)sc2c1CCCC2. The fourth-order valence-corrected chi connectivity index (χ4v) is 7.57. The standard InChI is InChI=1S/C25H22N6O4S3/c1-2-35-25(32)20-14-8-3-6-12-18(14)36-24(20)28-22-23(27-16-10-5-4-9-15(16)26-22)31-38(33,34)19-13-7-11-17-21(19)30-37-29-17/h4-5,7,9-11,13H,2-3,6,8,12H2,1H3,(H,26,28)(H,27,31). The van der Waals surface area contributed by atoms with Crippen LogP contribution in [0.3, 0.4) is 0 Å². The number of para-hydroxylation sites is 2. The van der Waals surface area contributed by atoms with Gasteiger partial charge >= 0.3 is 5.97 Å². The van der Waals surface area contributed by atoms with Crippen LogP contribution in [0.15, 0.2) is 47.4 Å². The normalized spacial score (nSPS) is 13.4. The summed E-state index contributed by atoms with van der Waals surface area (Å²) in [5.41, 5.74) is 3.32. The Labute approximate surface area is 226 Å². The van der Waals surface area contributed by atoms with Crippen molar-refractivity contribution < 1.29 is 17.9 Å². The van der Waals surface area contributed by atoms with Crippen molar-refractivity contribution >= 4 is 77.8 Å². The van der Waals surface area contributed by atoms with Crippen LogP contribution in [0.1, 0.15) is 40.6 Å². The van der Waals surface area contributed by atoms with Crippen LogP contribution in [0.5, 0.6) is 0 Å². The van der Waals surface area contributed by atoms with Crippen LogP contribution in [0.2, 0.25) is 0 Å². The van der Waals surface area contributed by atoms with Crippen molar-refractivity contribution in [3.05, 3.63) is 58.5 Å². The number of carbonyl (C=O) groups is 1. The maximum absolute atomic E-state index is 13.5. The minimum Gasteiger partial charge on any atom is -0.462 e. The number of thiophene rings is 1. The Kier molecular flexibility index (Phi) is 6.41. The van der Waals surface area contributed by atoms with Gasteiger partial charge in [-0.3, -0.25) is 4.72 Å². The summed E-state index contributed by atoms with van der Waals surface area (Å²) in [6.07, 6.45) is 3.71. The van der Waals surface area contributed by atoms with Crippen LogP contribution in [-0.4, -0.2) is 39.7 Å². The van der Waals surface area contributed by atoms with Gasteiger partial charge in [-0.15, -0.1) is 11.3 Å². The average Bonchev–Trinajstić information content (AvgIpc) is 3.53. The number of hydrogen-bond donors (Lipinski definition) is 2. The summed E-state index contributed by atoms with van der Waals surface area (Å²) in [4.78, 5) is 23.4. The Morgan fingerprint density at radius 3 is 2.50 bits per heavy atom. The molecule has 38 heavy (non-hydrogen) atoms. The molecule has 2 aromatic carbocycles. The summed E-state index contributed by atoms with van der Waals surface area (Å²) in [6.45, 7) is 2.02. The van der Waals surface area contributed by atoms with E-state index in [-0.39, 0.29) is 28.7 Å². The van der Waals surface area contributed by atoms with E-state index < -0.39 is 16.0 Å². The van der Waals surface area contributed by atoms with Crippen LogP contribution < -0.4 is 10.0 Å². The van der Waals surface area contributed by atoms with E-state index in [0.717, 1.165) is 47.9 Å². The van der Waals surface area contributed by atoms with Crippen LogP contribution in [0, 0.1) is 0 Å². The summed E-state index contributed by atoms with van der Waals surface area (Å²) in [6, 6.07) is 12.0. The third-order valence-corrected chi connectivity index (χ3v) is 9.34. The van der Waals surface area contributed by atoms with E-state index in [4.69, 9.17) is 4.74 Å². The molecule has 0 unspecified atom stereocenters. The molecule has 0 fully saturated rings. The number of nitrogens with one attached hydrogen (secondary N) is 2. The number of aromatic nitrogens is 4. The lowest BCUT2D eigenvalue weighted by Gasteiger charge is -2.15. The second-order valence-corrected chi connectivity index (χ2v) is 11.9. The summed E-state index contributed by atoms with van der Waals surface area (Å²) in [7, 11) is -4.11. The Hall–Kier alpha value is -3.68. The van der Waals surface area contributed by atoms with E-state index in [1.54, 1.807) is 37.3 Å². The highest BCUT2D eigenvalue weighted by Gasteiger charge is 2.28. The van der Waals surface area contributed by atoms with Gasteiger partial charge in [0.1, 0.15) is 20.9 Å². The van der Waals surface area contributed by atoms with E-state index >= 15 is 0 Å². The number of ether oxygens (including phenoxy) is 1. The summed E-state index contributed by atoms with van der Waals surface area (Å²) < 4.78 is 43.3. The quantitative estimate of drug-likeness (QED) is 0.252. The molecule has 0 saturated carbocycles. The second kappa shape index (κ2) is 9.89. The van der Waals surface area contributed by atoms with Crippen molar-refractivity contribution in [2.75, 3.05) is 16.6 Å². The van der Waals surface area contributed by atoms with Crippen LogP contribution in [-0.2, 0) is 27.6 Å². The van der Waals surface area contributed by atoms with Crippen LogP contribution >= 0.6 is 23.1 Å². The smallest absolute Gasteiger partial charge is 0.341 e. The van der Waals surface area contributed by atoms with Gasteiger partial charge in [-0.1, -0.05) is 18.2 Å². The highest BCUT2D eigenvalue weighted by atomic mass is 32.2. The van der Waals surface area contributed by atoms with Crippen molar-refractivity contribution in [1.29, 1.82) is 0 Å². The third kappa shape index (κ3) is 4.46. The fourth-order valence-electron chi connectivity index (χ4n) is 4.52. The molecule has 13 heteroatoms. The van der Waals surface area contributed by atoms with Gasteiger partial charge < -0.3 is 10.1 Å². The topological polar surface area (TPSA) is 136 Å². The van der Waals surface area contributed by atoms with Crippen molar-refractivity contribution in [3.8, 4) is 0 Å². The first kappa shape index (κ1) is 24.6. The van der Waals surface area contributed by atoms with E-state index in [1.165, 1.54) is 17.4 Å². The molecule has 0 spiro atoms. The molecule has 0 radical (unpaired) electrons. The van der Waals surface area contributed by atoms with Crippen molar-refractivity contribution in [2.24, 2.45) is 0 Å². The number of sulfonamides is 1. The van der Waals surface area contributed by atoms with Crippen molar-refractivity contribution in [1.82, 2.24) is 18.7 Å². The molecule has 5 aromatic rings. The molecule has 3 aromatic heterocycles. The van der Waals surface area contributed by atoms with Gasteiger partial charge in [-0.25, -0.2) is 23.2 Å². The number of hydrogen-bond acceptors (Lipinski definition) is 11. The molecule has 194 valence electrons. The van der Waals surface area contributed by atoms with E-state index in [0.29, 0.717) is 27.1 Å². The number of nitrogens with zero attached hydrogens (tertiary/aromatic N) is 4. The van der Waals surface area contributed by atoms with Gasteiger partial charge in [-0.05, 0) is 62.4 Å². The minimum atomic E-state index is -4.11. The van der Waals surface area contributed by atoms with Crippen molar-refractivity contribution in [2.45, 2.75) is 37.5 Å². The molecular formula is C25H22N6O4S3. The Morgan fingerprint density at radius 1 is 0.974 bits per heavy atom. The molecule has 0 aliphatic heterocycles. The van der Waals surface area contributed by atoms with E-state index in [9.17, 15) is 13.2 Å². The lowest BCUT2D eigenvalue weighted by atomic mass is 9.95. The molecule has 2 N–H and O–H groups in total. The third-order valence-electron chi connectivity index (χ3n) is 6.22. The summed E-state index contributed by atoms with van der Waals surface area (Å²) in [5.74, 6) is -0.224. The highest BCUT2D eigenvalue weighted by molar-refractivity contribution is 7.93. The number of esters is 1. The lowest BCUT2D eigenvalue weighted by molar-refractivity contribution is 0.0526. The van der Waals surface area contributed by atoms with Crippen LogP contribution in [0.25, 0.3) is 22.1 Å². The Morgan fingerprint density at radius 2 is 1.71 bits per heavy atom. The molecule has 0 amide bonds. The summed E-state index contributed by atoms with van der Waals surface area (Å²) in [5, 5.41) is 3.79. The van der Waals surface area contributed by atoms with E-state index in [1.807, 2.05) is 6.07 Å². The number of fused-ring (bicyclic) bond motifs is 3. The molecule has 1 aliphatic carbocycles. The largest absolute Gasteiger partial charge is 0.462 e. The minimum absolute atomic E-state index is 0.00470. The molecular weight excluding hydrogens is 545 g/mol. The molecule has 10 nitrogen and oxygen atoms in total. The van der Waals surface area contributed by atoms with Crippen LogP contribution in [0.4, 0.5) is 16.6 Å². The molecule has 0 atom stereocenters. The van der Waals surface area contributed by atoms with Gasteiger partial charge in [0, 0.05) is 4.88 Å². The van der Waals surface area contributed by atoms with E-state index in [2.05, 4.69) is 28.8 Å². The monoisotopic (exact) mass is 566 g/mol. The number of aryl methyl sites for hydroxylation is 1. The molecule has 6 rings (SSSR count). The van der Waals surface area contributed by atoms with Gasteiger partial charge in [0.05, 0.1) is 34.9 Å². The zero-order valence-corrected chi connectivity index (χ0v) is 22.7. The highest BCUT2D eigenvalue weighted by Crippen LogP contribution is 2.41. The first-order chi connectivity index (χ1) is 18.4. The first-order valence-electron chi connectivity index (χ1n) is 12.0. The summed E-state index contributed by atoms with van der Waals surface area (Å²) >= 11 is 2.41. The predicted octanol–water partition coefficient (Wildman–Crippen LogP) is 5.30. The number of carbonyl (C=O) groups excluding carboxylic acids is 1.